The minimum absolute atomic E-state index is 0.0201. The van der Waals surface area contributed by atoms with Gasteiger partial charge in [0.15, 0.2) is 0 Å². The molecule has 0 unspecified atom stereocenters. The van der Waals surface area contributed by atoms with Crippen LogP contribution in [0.15, 0.2) is 42.5 Å². The second-order valence-electron chi connectivity index (χ2n) is 7.14. The molecule has 0 aliphatic carbocycles. The molecule has 0 aromatic heterocycles. The standard InChI is InChI=1S/C22H28FN3O2/c1-17-5-6-19(14-21(17)23)16-24-15-18-3-2-4-20(13-18)25-22(27)7-8-26-9-11-28-12-10-26/h2-6,13-14,24H,7-12,15-16H2,1H3,(H,25,27). The minimum Gasteiger partial charge on any atom is -0.379 e. The molecule has 28 heavy (non-hydrogen) atoms. The Balaban J connectivity index is 1.43. The zero-order chi connectivity index (χ0) is 19.8. The number of hydrogen-bond acceptors (Lipinski definition) is 4. The average Bonchev–Trinajstić information content (AvgIpc) is 2.70. The van der Waals surface area contributed by atoms with E-state index in [2.05, 4.69) is 15.5 Å². The number of nitrogens with zero attached hydrogens (tertiary/aromatic N) is 1. The van der Waals surface area contributed by atoms with Gasteiger partial charge in [-0.3, -0.25) is 9.69 Å². The Hall–Kier alpha value is -2.28. The topological polar surface area (TPSA) is 53.6 Å². The van der Waals surface area contributed by atoms with Crippen LogP contribution in [0.3, 0.4) is 0 Å². The van der Waals surface area contributed by atoms with Gasteiger partial charge in [-0.25, -0.2) is 4.39 Å². The maximum absolute atomic E-state index is 13.6. The van der Waals surface area contributed by atoms with Gasteiger partial charge < -0.3 is 15.4 Å². The molecule has 2 N–H and O–H groups in total. The fraction of sp³-hybridized carbons (Fsp3) is 0.409. The van der Waals surface area contributed by atoms with Gasteiger partial charge in [0, 0.05) is 44.8 Å². The molecule has 0 bridgehead atoms. The Labute approximate surface area is 165 Å². The molecule has 5 nitrogen and oxygen atoms in total. The third-order valence-electron chi connectivity index (χ3n) is 4.86. The maximum atomic E-state index is 13.6. The zero-order valence-corrected chi connectivity index (χ0v) is 16.3. The minimum atomic E-state index is -0.180. The summed E-state index contributed by atoms with van der Waals surface area (Å²) >= 11 is 0. The van der Waals surface area contributed by atoms with Gasteiger partial charge in [0.25, 0.3) is 0 Å². The van der Waals surface area contributed by atoms with Crippen LogP contribution in [-0.2, 0) is 22.6 Å². The number of halogens is 1. The molecule has 1 aliphatic rings. The highest BCUT2D eigenvalue weighted by Crippen LogP contribution is 2.12. The van der Waals surface area contributed by atoms with Crippen molar-refractivity contribution in [1.82, 2.24) is 10.2 Å². The van der Waals surface area contributed by atoms with E-state index in [1.54, 1.807) is 19.1 Å². The highest BCUT2D eigenvalue weighted by molar-refractivity contribution is 5.90. The van der Waals surface area contributed by atoms with Gasteiger partial charge in [-0.15, -0.1) is 0 Å². The van der Waals surface area contributed by atoms with Crippen LogP contribution in [0.5, 0.6) is 0 Å². The van der Waals surface area contributed by atoms with Crippen LogP contribution in [0.4, 0.5) is 10.1 Å². The molecule has 2 aromatic rings. The summed E-state index contributed by atoms with van der Waals surface area (Å²) in [5, 5.41) is 6.28. The largest absolute Gasteiger partial charge is 0.379 e. The lowest BCUT2D eigenvalue weighted by Gasteiger charge is -2.26. The lowest BCUT2D eigenvalue weighted by atomic mass is 10.1. The van der Waals surface area contributed by atoms with Gasteiger partial charge in [0.05, 0.1) is 13.2 Å². The number of carbonyl (C=O) groups is 1. The SMILES string of the molecule is Cc1ccc(CNCc2cccc(NC(=O)CCN3CCOCC3)c2)cc1F. The Bertz CT molecular complexity index is 791. The predicted molar refractivity (Wildman–Crippen MR) is 109 cm³/mol. The molecule has 1 saturated heterocycles. The van der Waals surface area contributed by atoms with Crippen LogP contribution in [0, 0.1) is 12.7 Å². The monoisotopic (exact) mass is 385 g/mol. The van der Waals surface area contributed by atoms with Gasteiger partial charge in [-0.05, 0) is 41.8 Å². The van der Waals surface area contributed by atoms with Gasteiger partial charge in [-0.1, -0.05) is 24.3 Å². The van der Waals surface area contributed by atoms with Crippen molar-refractivity contribution in [2.75, 3.05) is 38.2 Å². The first kappa shape index (κ1) is 20.5. The highest BCUT2D eigenvalue weighted by Gasteiger charge is 2.12. The molecule has 1 amide bonds. The number of nitrogens with one attached hydrogen (secondary N) is 2. The third-order valence-corrected chi connectivity index (χ3v) is 4.86. The molecule has 1 aliphatic heterocycles. The first-order valence-corrected chi connectivity index (χ1v) is 9.75. The van der Waals surface area contributed by atoms with E-state index >= 15 is 0 Å². The molecule has 6 heteroatoms. The van der Waals surface area contributed by atoms with E-state index < -0.39 is 0 Å². The van der Waals surface area contributed by atoms with Crippen molar-refractivity contribution in [3.8, 4) is 0 Å². The van der Waals surface area contributed by atoms with Gasteiger partial charge in [0.2, 0.25) is 5.91 Å². The number of carbonyl (C=O) groups excluding carboxylic acids is 1. The van der Waals surface area contributed by atoms with Gasteiger partial charge in [-0.2, -0.15) is 0 Å². The summed E-state index contributed by atoms with van der Waals surface area (Å²) in [4.78, 5) is 14.5. The quantitative estimate of drug-likeness (QED) is 0.733. The summed E-state index contributed by atoms with van der Waals surface area (Å²) in [6.45, 7) is 7.01. The molecule has 0 saturated carbocycles. The van der Waals surface area contributed by atoms with E-state index in [-0.39, 0.29) is 11.7 Å². The van der Waals surface area contributed by atoms with Crippen molar-refractivity contribution in [2.45, 2.75) is 26.4 Å². The van der Waals surface area contributed by atoms with Crippen LogP contribution in [-0.4, -0.2) is 43.7 Å². The molecule has 1 heterocycles. The van der Waals surface area contributed by atoms with Crippen molar-refractivity contribution in [3.05, 3.63) is 65.0 Å². The average molecular weight is 385 g/mol. The summed E-state index contributed by atoms with van der Waals surface area (Å²) in [5.74, 6) is -0.159. The van der Waals surface area contributed by atoms with E-state index in [9.17, 15) is 9.18 Å². The number of ether oxygens (including phenoxy) is 1. The van der Waals surface area contributed by atoms with Gasteiger partial charge >= 0.3 is 0 Å². The van der Waals surface area contributed by atoms with Crippen LogP contribution >= 0.6 is 0 Å². The van der Waals surface area contributed by atoms with Crippen molar-refractivity contribution in [1.29, 1.82) is 0 Å². The molecule has 0 radical (unpaired) electrons. The van der Waals surface area contributed by atoms with Crippen LogP contribution in [0.2, 0.25) is 0 Å². The Morgan fingerprint density at radius 3 is 2.61 bits per heavy atom. The number of aryl methyl sites for hydroxylation is 1. The number of rotatable bonds is 8. The summed E-state index contributed by atoms with van der Waals surface area (Å²) in [6.07, 6.45) is 0.474. The molecule has 2 aromatic carbocycles. The first-order valence-electron chi connectivity index (χ1n) is 9.75. The van der Waals surface area contributed by atoms with Crippen LogP contribution in [0.25, 0.3) is 0 Å². The van der Waals surface area contributed by atoms with E-state index in [1.165, 1.54) is 0 Å². The summed E-state index contributed by atoms with van der Waals surface area (Å²) in [5.41, 5.74) is 3.43. The Morgan fingerprint density at radius 1 is 1.11 bits per heavy atom. The fourth-order valence-electron chi connectivity index (χ4n) is 3.16. The molecule has 150 valence electrons. The van der Waals surface area contributed by atoms with Crippen molar-refractivity contribution < 1.29 is 13.9 Å². The Morgan fingerprint density at radius 2 is 1.86 bits per heavy atom. The van der Waals surface area contributed by atoms with Crippen molar-refractivity contribution in [2.24, 2.45) is 0 Å². The molecule has 0 atom stereocenters. The number of benzene rings is 2. The maximum Gasteiger partial charge on any atom is 0.225 e. The smallest absolute Gasteiger partial charge is 0.225 e. The third kappa shape index (κ3) is 6.41. The van der Waals surface area contributed by atoms with Crippen LogP contribution < -0.4 is 10.6 Å². The summed E-state index contributed by atoms with van der Waals surface area (Å²) in [6, 6.07) is 13.1. The Kier molecular flexibility index (Phi) is 7.54. The summed E-state index contributed by atoms with van der Waals surface area (Å²) in [7, 11) is 0. The summed E-state index contributed by atoms with van der Waals surface area (Å²) < 4.78 is 18.9. The number of amides is 1. The normalized spacial score (nSPS) is 14.8. The van der Waals surface area contributed by atoms with E-state index in [0.29, 0.717) is 25.1 Å². The molecular formula is C22H28FN3O2. The van der Waals surface area contributed by atoms with E-state index in [0.717, 1.165) is 49.7 Å². The molecule has 0 spiro atoms. The fourth-order valence-corrected chi connectivity index (χ4v) is 3.16. The van der Waals surface area contributed by atoms with E-state index in [4.69, 9.17) is 4.74 Å². The predicted octanol–water partition coefficient (Wildman–Crippen LogP) is 3.08. The molecular weight excluding hydrogens is 357 g/mol. The zero-order valence-electron chi connectivity index (χ0n) is 16.3. The lowest BCUT2D eigenvalue weighted by molar-refractivity contribution is -0.116. The number of anilines is 1. The second-order valence-corrected chi connectivity index (χ2v) is 7.14. The van der Waals surface area contributed by atoms with E-state index in [1.807, 2.05) is 30.3 Å². The van der Waals surface area contributed by atoms with Gasteiger partial charge in [0.1, 0.15) is 5.82 Å². The highest BCUT2D eigenvalue weighted by atomic mass is 19.1. The lowest BCUT2D eigenvalue weighted by Crippen LogP contribution is -2.38. The molecule has 3 rings (SSSR count). The van der Waals surface area contributed by atoms with Crippen molar-refractivity contribution in [3.63, 3.8) is 0 Å². The first-order chi connectivity index (χ1) is 13.6. The number of morpholine rings is 1. The second kappa shape index (κ2) is 10.3. The molecule has 1 fully saturated rings. The number of hydrogen-bond donors (Lipinski definition) is 2. The van der Waals surface area contributed by atoms with Crippen molar-refractivity contribution >= 4 is 11.6 Å². The van der Waals surface area contributed by atoms with Crippen LogP contribution in [0.1, 0.15) is 23.1 Å².